The molecule has 0 N–H and O–H groups in total. The van der Waals surface area contributed by atoms with E-state index in [2.05, 4.69) is 6.07 Å². The highest BCUT2D eigenvalue weighted by Crippen LogP contribution is 2.23. The van der Waals surface area contributed by atoms with Crippen LogP contribution in [0, 0.1) is 11.3 Å². The van der Waals surface area contributed by atoms with Gasteiger partial charge in [-0.3, -0.25) is 0 Å². The van der Waals surface area contributed by atoms with Crippen molar-refractivity contribution in [1.82, 2.24) is 4.31 Å². The zero-order valence-electron chi connectivity index (χ0n) is 13.1. The summed E-state index contributed by atoms with van der Waals surface area (Å²) in [6, 6.07) is 17.5. The Morgan fingerprint density at radius 3 is 2.21 bits per heavy atom. The van der Waals surface area contributed by atoms with Gasteiger partial charge in [0, 0.05) is 13.1 Å². The normalized spacial score (nSPS) is 16.5. The van der Waals surface area contributed by atoms with Gasteiger partial charge in [-0.15, -0.1) is 0 Å². The Labute approximate surface area is 142 Å². The molecule has 1 aliphatic heterocycles. The smallest absolute Gasteiger partial charge is 0.243 e. The van der Waals surface area contributed by atoms with Crippen LogP contribution in [0.3, 0.4) is 0 Å². The molecule has 0 amide bonds. The maximum absolute atomic E-state index is 12.6. The number of nitrogens with zero attached hydrogens (tertiary/aromatic N) is 2. The van der Waals surface area contributed by atoms with Crippen molar-refractivity contribution in [3.63, 3.8) is 0 Å². The molecule has 0 saturated carbocycles. The molecule has 3 rings (SSSR count). The molecule has 0 bridgehead atoms. The average Bonchev–Trinajstić information content (AvgIpc) is 2.63. The van der Waals surface area contributed by atoms with Crippen LogP contribution < -0.4 is 4.74 Å². The molecule has 0 aliphatic carbocycles. The van der Waals surface area contributed by atoms with Crippen LogP contribution in [0.25, 0.3) is 0 Å². The molecule has 0 spiro atoms. The van der Waals surface area contributed by atoms with Crippen LogP contribution in [0.15, 0.2) is 59.5 Å². The van der Waals surface area contributed by atoms with E-state index < -0.39 is 10.0 Å². The summed E-state index contributed by atoms with van der Waals surface area (Å²) in [4.78, 5) is 0.330. The fourth-order valence-corrected chi connectivity index (χ4v) is 4.22. The molecule has 0 aromatic heterocycles. The van der Waals surface area contributed by atoms with Crippen LogP contribution in [0.1, 0.15) is 18.4 Å². The monoisotopic (exact) mass is 342 g/mol. The van der Waals surface area contributed by atoms with Crippen molar-refractivity contribution in [1.29, 1.82) is 5.26 Å². The quantitative estimate of drug-likeness (QED) is 0.857. The molecule has 1 heterocycles. The molecule has 2 aromatic rings. The molecule has 1 aliphatic rings. The predicted octanol–water partition coefficient (Wildman–Crippen LogP) is 2.79. The molecule has 24 heavy (non-hydrogen) atoms. The molecule has 5 nitrogen and oxygen atoms in total. The van der Waals surface area contributed by atoms with Crippen molar-refractivity contribution in [3.05, 3.63) is 60.2 Å². The third kappa shape index (κ3) is 3.58. The molecule has 0 atom stereocenters. The molecular formula is C18H18N2O3S. The van der Waals surface area contributed by atoms with Gasteiger partial charge in [0.2, 0.25) is 10.0 Å². The van der Waals surface area contributed by atoms with E-state index in [-0.39, 0.29) is 6.10 Å². The number of piperidine rings is 1. The van der Waals surface area contributed by atoms with Gasteiger partial charge in [-0.1, -0.05) is 18.2 Å². The van der Waals surface area contributed by atoms with E-state index in [0.717, 1.165) is 0 Å². The van der Waals surface area contributed by atoms with Gasteiger partial charge >= 0.3 is 0 Å². The van der Waals surface area contributed by atoms with E-state index >= 15 is 0 Å². The average molecular weight is 342 g/mol. The van der Waals surface area contributed by atoms with Crippen LogP contribution in [0.5, 0.6) is 5.75 Å². The summed E-state index contributed by atoms with van der Waals surface area (Å²) in [5.41, 5.74) is 0.589. The second kappa shape index (κ2) is 7.04. The maximum atomic E-state index is 12.6. The molecule has 0 unspecified atom stereocenters. The second-order valence-corrected chi connectivity index (χ2v) is 7.61. The lowest BCUT2D eigenvalue weighted by molar-refractivity contribution is 0.135. The van der Waals surface area contributed by atoms with Crippen molar-refractivity contribution in [2.75, 3.05) is 13.1 Å². The van der Waals surface area contributed by atoms with Gasteiger partial charge in [-0.05, 0) is 49.2 Å². The lowest BCUT2D eigenvalue weighted by Crippen LogP contribution is -2.41. The molecular weight excluding hydrogens is 324 g/mol. The molecule has 6 heteroatoms. The lowest BCUT2D eigenvalue weighted by atomic mass is 10.1. The predicted molar refractivity (Wildman–Crippen MR) is 90.0 cm³/mol. The third-order valence-electron chi connectivity index (χ3n) is 4.07. The van der Waals surface area contributed by atoms with Crippen LogP contribution in [-0.2, 0) is 10.0 Å². The first-order chi connectivity index (χ1) is 11.6. The summed E-state index contributed by atoms with van der Waals surface area (Å²) < 4.78 is 32.6. The van der Waals surface area contributed by atoms with E-state index in [1.165, 1.54) is 4.31 Å². The highest BCUT2D eigenvalue weighted by atomic mass is 32.2. The maximum Gasteiger partial charge on any atom is 0.243 e. The summed E-state index contributed by atoms with van der Waals surface area (Å²) in [7, 11) is -3.43. The summed E-state index contributed by atoms with van der Waals surface area (Å²) in [6.45, 7) is 0.885. The Hall–Kier alpha value is -2.36. The molecule has 124 valence electrons. The summed E-state index contributed by atoms with van der Waals surface area (Å²) in [6.07, 6.45) is 1.28. The number of ether oxygens (including phenoxy) is 1. The molecule has 2 aromatic carbocycles. The van der Waals surface area contributed by atoms with Crippen LogP contribution in [-0.4, -0.2) is 31.9 Å². The van der Waals surface area contributed by atoms with Gasteiger partial charge in [-0.25, -0.2) is 8.42 Å². The van der Waals surface area contributed by atoms with Gasteiger partial charge < -0.3 is 4.74 Å². The Bertz CT molecular complexity index is 819. The number of sulfonamides is 1. The zero-order chi connectivity index (χ0) is 17.0. The Morgan fingerprint density at radius 1 is 1.00 bits per heavy atom. The number of rotatable bonds is 4. The Kier molecular flexibility index (Phi) is 4.84. The van der Waals surface area contributed by atoms with Crippen LogP contribution in [0.4, 0.5) is 0 Å². The minimum absolute atomic E-state index is 0.0137. The fourth-order valence-electron chi connectivity index (χ4n) is 2.73. The van der Waals surface area contributed by atoms with Crippen LogP contribution in [0.2, 0.25) is 0 Å². The topological polar surface area (TPSA) is 70.4 Å². The zero-order valence-corrected chi connectivity index (χ0v) is 13.9. The van der Waals surface area contributed by atoms with Gasteiger partial charge in [0.1, 0.15) is 11.9 Å². The largest absolute Gasteiger partial charge is 0.490 e. The van der Waals surface area contributed by atoms with E-state index in [0.29, 0.717) is 42.1 Å². The number of hydrogen-bond donors (Lipinski definition) is 0. The Morgan fingerprint density at radius 2 is 1.62 bits per heavy atom. The number of benzene rings is 2. The Balaban J connectivity index is 1.60. The first kappa shape index (κ1) is 16.5. The van der Waals surface area contributed by atoms with Crippen molar-refractivity contribution in [3.8, 4) is 11.8 Å². The first-order valence-electron chi connectivity index (χ1n) is 7.81. The first-order valence-corrected chi connectivity index (χ1v) is 9.25. The fraction of sp³-hybridized carbons (Fsp3) is 0.278. The van der Waals surface area contributed by atoms with Crippen molar-refractivity contribution in [2.24, 2.45) is 0 Å². The van der Waals surface area contributed by atoms with Gasteiger partial charge in [0.25, 0.3) is 0 Å². The molecule has 0 radical (unpaired) electrons. The minimum atomic E-state index is -3.43. The van der Waals surface area contributed by atoms with E-state index in [1.807, 2.05) is 0 Å². The van der Waals surface area contributed by atoms with Gasteiger partial charge in [0.15, 0.2) is 0 Å². The second-order valence-electron chi connectivity index (χ2n) is 5.67. The highest BCUT2D eigenvalue weighted by molar-refractivity contribution is 7.89. The van der Waals surface area contributed by atoms with E-state index in [1.54, 1.807) is 54.6 Å². The summed E-state index contributed by atoms with van der Waals surface area (Å²) in [5.74, 6) is 0.707. The standard InChI is InChI=1S/C18H18N2O3S/c19-14-15-6-8-16(9-7-15)23-17-10-12-20(13-11-17)24(21,22)18-4-2-1-3-5-18/h1-9,17H,10-13H2. The van der Waals surface area contributed by atoms with Crippen LogP contribution >= 0.6 is 0 Å². The minimum Gasteiger partial charge on any atom is -0.490 e. The third-order valence-corrected chi connectivity index (χ3v) is 5.98. The lowest BCUT2D eigenvalue weighted by Gasteiger charge is -2.31. The van der Waals surface area contributed by atoms with Crippen molar-refractivity contribution >= 4 is 10.0 Å². The van der Waals surface area contributed by atoms with E-state index in [9.17, 15) is 8.42 Å². The molecule has 1 fully saturated rings. The van der Waals surface area contributed by atoms with Gasteiger partial charge in [-0.2, -0.15) is 9.57 Å². The highest BCUT2D eigenvalue weighted by Gasteiger charge is 2.29. The van der Waals surface area contributed by atoms with E-state index in [4.69, 9.17) is 10.00 Å². The van der Waals surface area contributed by atoms with Gasteiger partial charge in [0.05, 0.1) is 16.5 Å². The van der Waals surface area contributed by atoms with Crippen molar-refractivity contribution < 1.29 is 13.2 Å². The SMILES string of the molecule is N#Cc1ccc(OC2CCN(S(=O)(=O)c3ccccc3)CC2)cc1. The summed E-state index contributed by atoms with van der Waals surface area (Å²) >= 11 is 0. The number of nitriles is 1. The van der Waals surface area contributed by atoms with Crippen molar-refractivity contribution in [2.45, 2.75) is 23.8 Å². The summed E-state index contributed by atoms with van der Waals surface area (Å²) in [5, 5.41) is 8.80. The number of hydrogen-bond acceptors (Lipinski definition) is 4. The molecule has 1 saturated heterocycles.